The van der Waals surface area contributed by atoms with Crippen molar-refractivity contribution in [1.82, 2.24) is 4.57 Å². The molecule has 35 heavy (non-hydrogen) atoms. The number of ether oxygens (including phenoxy) is 2. The summed E-state index contributed by atoms with van der Waals surface area (Å²) in [6.45, 7) is 8.12. The lowest BCUT2D eigenvalue weighted by molar-refractivity contribution is -0.138. The molecule has 7 heteroatoms. The van der Waals surface area contributed by atoms with Crippen LogP contribution in [0.3, 0.4) is 0 Å². The molecule has 1 aromatic heterocycles. The molecule has 0 saturated heterocycles. The third-order valence-corrected chi connectivity index (χ3v) is 6.81. The first-order valence-corrected chi connectivity index (χ1v) is 12.1. The number of thioether (sulfide) groups is 1. The highest BCUT2D eigenvalue weighted by atomic mass is 32.2. The predicted molar refractivity (Wildman–Crippen MR) is 142 cm³/mol. The van der Waals surface area contributed by atoms with Crippen LogP contribution in [0.4, 0.5) is 5.69 Å². The molecule has 1 aliphatic heterocycles. The number of aliphatic hydroxyl groups excluding tert-OH is 1. The van der Waals surface area contributed by atoms with E-state index in [2.05, 4.69) is 41.6 Å². The van der Waals surface area contributed by atoms with Crippen LogP contribution in [0.1, 0.15) is 29.4 Å². The number of esters is 1. The minimum Gasteiger partial charge on any atom is -0.506 e. The van der Waals surface area contributed by atoms with Crippen molar-refractivity contribution >= 4 is 34.5 Å². The van der Waals surface area contributed by atoms with Crippen molar-refractivity contribution in [2.45, 2.75) is 27.7 Å². The van der Waals surface area contributed by atoms with Crippen molar-refractivity contribution in [3.8, 4) is 11.4 Å². The van der Waals surface area contributed by atoms with Gasteiger partial charge in [0, 0.05) is 17.1 Å². The second-order valence-corrected chi connectivity index (χ2v) is 9.15. The Kier molecular flexibility index (Phi) is 7.17. The molecule has 0 spiro atoms. The quantitative estimate of drug-likeness (QED) is 0.396. The van der Waals surface area contributed by atoms with E-state index in [1.807, 2.05) is 25.1 Å². The van der Waals surface area contributed by atoms with Crippen LogP contribution in [-0.4, -0.2) is 34.4 Å². The lowest BCUT2D eigenvalue weighted by atomic mass is 10.1. The number of aromatic nitrogens is 1. The molecule has 0 amide bonds. The Labute approximate surface area is 209 Å². The summed E-state index contributed by atoms with van der Waals surface area (Å²) in [5.41, 5.74) is 6.07. The maximum atomic E-state index is 12.7. The maximum Gasteiger partial charge on any atom is 0.344 e. The fourth-order valence-electron chi connectivity index (χ4n) is 4.03. The van der Waals surface area contributed by atoms with E-state index in [0.29, 0.717) is 21.4 Å². The Hall–Kier alpha value is -3.71. The van der Waals surface area contributed by atoms with E-state index in [0.717, 1.165) is 22.6 Å². The molecule has 4 rings (SSSR count). The smallest absolute Gasteiger partial charge is 0.344 e. The number of carbonyl (C=O) groups is 1. The van der Waals surface area contributed by atoms with E-state index in [4.69, 9.17) is 9.47 Å². The average Bonchev–Trinajstić information content (AvgIpc) is 3.29. The van der Waals surface area contributed by atoms with Crippen molar-refractivity contribution in [2.24, 2.45) is 4.99 Å². The number of aliphatic hydroxyl groups is 1. The second-order valence-electron chi connectivity index (χ2n) is 8.12. The molecule has 6 nitrogen and oxygen atoms in total. The maximum absolute atomic E-state index is 12.7. The van der Waals surface area contributed by atoms with E-state index in [1.54, 1.807) is 38.3 Å². The van der Waals surface area contributed by atoms with Crippen LogP contribution in [0.2, 0.25) is 0 Å². The number of rotatable bonds is 6. The lowest BCUT2D eigenvalue weighted by Crippen LogP contribution is -2.12. The molecule has 3 aromatic rings. The molecule has 2 aromatic carbocycles. The molecule has 2 heterocycles. The number of nitrogens with zero attached hydrogens (tertiary/aromatic N) is 2. The molecular weight excluding hydrogens is 460 g/mol. The highest BCUT2D eigenvalue weighted by Crippen LogP contribution is 2.41. The number of hydrogen-bond acceptors (Lipinski definition) is 6. The van der Waals surface area contributed by atoms with Crippen molar-refractivity contribution in [3.05, 3.63) is 93.3 Å². The van der Waals surface area contributed by atoms with E-state index in [1.165, 1.54) is 17.3 Å². The zero-order valence-corrected chi connectivity index (χ0v) is 21.3. The van der Waals surface area contributed by atoms with Gasteiger partial charge in [0.25, 0.3) is 0 Å². The molecule has 0 atom stereocenters. The van der Waals surface area contributed by atoms with Gasteiger partial charge in [-0.25, -0.2) is 9.79 Å². The summed E-state index contributed by atoms with van der Waals surface area (Å²) >= 11 is 1.25. The van der Waals surface area contributed by atoms with E-state index in [9.17, 15) is 9.90 Å². The highest BCUT2D eigenvalue weighted by Gasteiger charge is 2.33. The zero-order chi connectivity index (χ0) is 25.1. The summed E-state index contributed by atoms with van der Waals surface area (Å²) in [6, 6.07) is 17.5. The number of aryl methyl sites for hydroxylation is 2. The average molecular weight is 489 g/mol. The third-order valence-electron chi connectivity index (χ3n) is 5.79. The number of para-hydroxylation sites is 1. The molecule has 0 bridgehead atoms. The van der Waals surface area contributed by atoms with Gasteiger partial charge in [0.2, 0.25) is 0 Å². The van der Waals surface area contributed by atoms with Gasteiger partial charge in [0.05, 0.1) is 24.3 Å². The second kappa shape index (κ2) is 10.3. The molecule has 0 unspecified atom stereocenters. The molecular formula is C28H28N2O4S. The van der Waals surface area contributed by atoms with E-state index >= 15 is 0 Å². The fourth-order valence-corrected chi connectivity index (χ4v) is 5.05. The number of aliphatic imine (C=N–C) groups is 1. The minimum absolute atomic E-state index is 0.0756. The third kappa shape index (κ3) is 4.91. The van der Waals surface area contributed by atoms with Crippen LogP contribution in [0, 0.1) is 20.8 Å². The summed E-state index contributed by atoms with van der Waals surface area (Å²) in [5.74, 6) is -0.0124. The standard InChI is InChI=1S/C28H28N2O4S/c1-6-34-28(32)25-26(31)24(35-27(25)29-21-11-13-22(33-5)14-12-21)16-20-15-18(3)30(19(20)4)23-10-8-7-9-17(23)2/h7-16,31H,6H2,1-5H3. The van der Waals surface area contributed by atoms with Gasteiger partial charge in [0.1, 0.15) is 22.1 Å². The SMILES string of the molecule is CCOC(=O)C1=C(O)C(=Cc2cc(C)n(-c3ccccc3C)c2C)SC1=Nc1ccc(OC)cc1. The highest BCUT2D eigenvalue weighted by molar-refractivity contribution is 8.18. The Bertz CT molecular complexity index is 1360. The van der Waals surface area contributed by atoms with Crippen LogP contribution in [-0.2, 0) is 9.53 Å². The predicted octanol–water partition coefficient (Wildman–Crippen LogP) is 6.60. The number of hydrogen-bond donors (Lipinski definition) is 1. The number of methoxy groups -OCH3 is 1. The fraction of sp³-hybridized carbons (Fsp3) is 0.214. The molecule has 1 aliphatic rings. The van der Waals surface area contributed by atoms with Crippen LogP contribution < -0.4 is 4.74 Å². The lowest BCUT2D eigenvalue weighted by Gasteiger charge is -2.12. The first-order valence-electron chi connectivity index (χ1n) is 11.3. The molecule has 1 N–H and O–H groups in total. The van der Waals surface area contributed by atoms with Crippen molar-refractivity contribution < 1.29 is 19.4 Å². The summed E-state index contributed by atoms with van der Waals surface area (Å²) in [6.07, 6.45) is 1.90. The molecule has 0 radical (unpaired) electrons. The minimum atomic E-state index is -0.599. The van der Waals surface area contributed by atoms with Gasteiger partial charge in [0.15, 0.2) is 0 Å². The topological polar surface area (TPSA) is 73.0 Å². The summed E-state index contributed by atoms with van der Waals surface area (Å²) in [7, 11) is 1.60. The first-order chi connectivity index (χ1) is 16.8. The van der Waals surface area contributed by atoms with Gasteiger partial charge in [-0.3, -0.25) is 0 Å². The van der Waals surface area contributed by atoms with Gasteiger partial charge >= 0.3 is 5.97 Å². The molecule has 180 valence electrons. The monoisotopic (exact) mass is 488 g/mol. The Morgan fingerprint density at radius 1 is 1.11 bits per heavy atom. The number of carbonyl (C=O) groups excluding carboxylic acids is 1. The van der Waals surface area contributed by atoms with Crippen LogP contribution in [0.25, 0.3) is 11.8 Å². The molecule has 0 saturated carbocycles. The van der Waals surface area contributed by atoms with Crippen LogP contribution in [0.5, 0.6) is 5.75 Å². The Morgan fingerprint density at radius 2 is 1.83 bits per heavy atom. The van der Waals surface area contributed by atoms with Gasteiger partial charge < -0.3 is 19.1 Å². The van der Waals surface area contributed by atoms with E-state index in [-0.39, 0.29) is 17.9 Å². The van der Waals surface area contributed by atoms with Gasteiger partial charge in [-0.2, -0.15) is 0 Å². The van der Waals surface area contributed by atoms with Gasteiger partial charge in [-0.1, -0.05) is 30.0 Å². The normalized spacial score (nSPS) is 15.8. The van der Waals surface area contributed by atoms with Crippen LogP contribution >= 0.6 is 11.8 Å². The Balaban J connectivity index is 1.77. The van der Waals surface area contributed by atoms with Gasteiger partial charge in [-0.15, -0.1) is 0 Å². The first kappa shape index (κ1) is 24.4. The summed E-state index contributed by atoms with van der Waals surface area (Å²) in [5, 5.41) is 11.4. The Morgan fingerprint density at radius 3 is 2.49 bits per heavy atom. The summed E-state index contributed by atoms with van der Waals surface area (Å²) in [4.78, 5) is 17.9. The number of benzene rings is 2. The van der Waals surface area contributed by atoms with Crippen molar-refractivity contribution in [1.29, 1.82) is 0 Å². The van der Waals surface area contributed by atoms with Crippen LogP contribution in [0.15, 0.2) is 75.8 Å². The largest absolute Gasteiger partial charge is 0.506 e. The summed E-state index contributed by atoms with van der Waals surface area (Å²) < 4.78 is 12.6. The zero-order valence-electron chi connectivity index (χ0n) is 20.5. The van der Waals surface area contributed by atoms with E-state index < -0.39 is 5.97 Å². The van der Waals surface area contributed by atoms with Gasteiger partial charge in [-0.05, 0) is 81.3 Å². The molecule has 0 fully saturated rings. The van der Waals surface area contributed by atoms with Crippen molar-refractivity contribution in [2.75, 3.05) is 13.7 Å². The van der Waals surface area contributed by atoms with Crippen molar-refractivity contribution in [3.63, 3.8) is 0 Å². The molecule has 0 aliphatic carbocycles.